The van der Waals surface area contributed by atoms with E-state index >= 15 is 0 Å². The zero-order valence-corrected chi connectivity index (χ0v) is 8.33. The molecule has 0 fully saturated rings. The summed E-state index contributed by atoms with van der Waals surface area (Å²) in [7, 11) is 0. The lowest BCUT2D eigenvalue weighted by Gasteiger charge is -2.14. The van der Waals surface area contributed by atoms with Gasteiger partial charge in [-0.2, -0.15) is 0 Å². The number of carbonyl (C=O) groups excluding carboxylic acids is 2. The molecule has 3 heteroatoms. The minimum absolute atomic E-state index is 0.0144. The van der Waals surface area contributed by atoms with Crippen LogP contribution in [0.4, 0.5) is 0 Å². The third kappa shape index (κ3) is 4.58. The fraction of sp³-hybridized carbons (Fsp3) is 0.600. The van der Waals surface area contributed by atoms with Gasteiger partial charge >= 0.3 is 0 Å². The molecule has 0 spiro atoms. The summed E-state index contributed by atoms with van der Waals surface area (Å²) in [5.41, 5.74) is -0.592. The molecule has 0 aliphatic rings. The van der Waals surface area contributed by atoms with Gasteiger partial charge in [0.2, 0.25) is 0 Å². The molecular formula is C10H16O3. The number of Topliss-reactive ketones (excluding diaryl/α,β-unsaturated/α-hetero) is 1. The number of aliphatic hydroxyl groups is 1. The lowest BCUT2D eigenvalue weighted by molar-refractivity contribution is -0.122. The molecule has 0 unspecified atom stereocenters. The third-order valence-corrected chi connectivity index (χ3v) is 1.95. The summed E-state index contributed by atoms with van der Waals surface area (Å²) in [5.74, 6) is -0.141. The van der Waals surface area contributed by atoms with E-state index in [2.05, 4.69) is 0 Å². The minimum atomic E-state index is -0.592. The van der Waals surface area contributed by atoms with Crippen LogP contribution in [0, 0.1) is 5.41 Å². The van der Waals surface area contributed by atoms with E-state index in [0.717, 1.165) is 0 Å². The maximum Gasteiger partial charge on any atom is 0.157 e. The molecule has 3 nitrogen and oxygen atoms in total. The Bertz CT molecular complexity index is 226. The summed E-state index contributed by atoms with van der Waals surface area (Å²) in [5, 5.41) is 8.45. The van der Waals surface area contributed by atoms with E-state index in [1.54, 1.807) is 19.9 Å². The second kappa shape index (κ2) is 4.92. The van der Waals surface area contributed by atoms with Crippen molar-refractivity contribution < 1.29 is 14.7 Å². The van der Waals surface area contributed by atoms with Crippen LogP contribution < -0.4 is 0 Å². The van der Waals surface area contributed by atoms with E-state index in [0.29, 0.717) is 0 Å². The van der Waals surface area contributed by atoms with E-state index in [-0.39, 0.29) is 24.6 Å². The van der Waals surface area contributed by atoms with Gasteiger partial charge < -0.3 is 5.11 Å². The maximum absolute atomic E-state index is 11.0. The largest absolute Gasteiger partial charge is 0.396 e. The van der Waals surface area contributed by atoms with Crippen LogP contribution in [-0.4, -0.2) is 23.3 Å². The van der Waals surface area contributed by atoms with Crippen molar-refractivity contribution in [2.24, 2.45) is 5.41 Å². The molecule has 0 saturated heterocycles. The highest BCUT2D eigenvalue weighted by Gasteiger charge is 2.19. The van der Waals surface area contributed by atoms with E-state index < -0.39 is 5.41 Å². The molecule has 0 aliphatic heterocycles. The molecule has 0 saturated carbocycles. The van der Waals surface area contributed by atoms with Crippen LogP contribution in [-0.2, 0) is 9.59 Å². The van der Waals surface area contributed by atoms with E-state index in [4.69, 9.17) is 5.11 Å². The zero-order chi connectivity index (χ0) is 10.5. The first-order valence-electron chi connectivity index (χ1n) is 4.24. The average molecular weight is 184 g/mol. The van der Waals surface area contributed by atoms with Crippen molar-refractivity contribution in [1.82, 2.24) is 0 Å². The first-order chi connectivity index (χ1) is 5.90. The predicted molar refractivity (Wildman–Crippen MR) is 50.3 cm³/mol. The Labute approximate surface area is 78.5 Å². The monoisotopic (exact) mass is 184 g/mol. The molecule has 0 aromatic carbocycles. The van der Waals surface area contributed by atoms with Crippen LogP contribution >= 0.6 is 0 Å². The second-order valence-electron chi connectivity index (χ2n) is 3.55. The lowest BCUT2D eigenvalue weighted by Crippen LogP contribution is -2.18. The van der Waals surface area contributed by atoms with Gasteiger partial charge in [-0.1, -0.05) is 6.08 Å². The van der Waals surface area contributed by atoms with Gasteiger partial charge in [-0.15, -0.1) is 0 Å². The molecule has 0 bridgehead atoms. The molecule has 0 aromatic rings. The standard InChI is InChI=1S/C10H16O3/c1-8(12)10(2,3)6-4-9(13)5-7-11/h4,6,11H,5,7H2,1-3H3/b6-4+. The minimum Gasteiger partial charge on any atom is -0.396 e. The molecular weight excluding hydrogens is 168 g/mol. The van der Waals surface area contributed by atoms with Crippen molar-refractivity contribution in [1.29, 1.82) is 0 Å². The highest BCUT2D eigenvalue weighted by Crippen LogP contribution is 2.17. The molecule has 0 atom stereocenters. The van der Waals surface area contributed by atoms with Crippen molar-refractivity contribution in [2.45, 2.75) is 27.2 Å². The number of carbonyl (C=O) groups is 2. The molecule has 13 heavy (non-hydrogen) atoms. The third-order valence-electron chi connectivity index (χ3n) is 1.95. The topological polar surface area (TPSA) is 54.4 Å². The van der Waals surface area contributed by atoms with Crippen molar-refractivity contribution in [3.8, 4) is 0 Å². The van der Waals surface area contributed by atoms with E-state index in [1.165, 1.54) is 13.0 Å². The van der Waals surface area contributed by atoms with Crippen molar-refractivity contribution in [3.63, 3.8) is 0 Å². The average Bonchev–Trinajstić information content (AvgIpc) is 2.01. The number of hydrogen-bond acceptors (Lipinski definition) is 3. The smallest absolute Gasteiger partial charge is 0.157 e. The first-order valence-corrected chi connectivity index (χ1v) is 4.24. The molecule has 0 aromatic heterocycles. The maximum atomic E-state index is 11.0. The number of allylic oxidation sites excluding steroid dienone is 2. The zero-order valence-electron chi connectivity index (χ0n) is 8.33. The van der Waals surface area contributed by atoms with Gasteiger partial charge in [-0.3, -0.25) is 9.59 Å². The second-order valence-corrected chi connectivity index (χ2v) is 3.55. The summed E-state index contributed by atoms with van der Waals surface area (Å²) in [6, 6.07) is 0. The van der Waals surface area contributed by atoms with Gasteiger partial charge in [0.05, 0.1) is 6.61 Å². The Kier molecular flexibility index (Phi) is 4.56. The summed E-state index contributed by atoms with van der Waals surface area (Å²) < 4.78 is 0. The normalized spacial score (nSPS) is 12.0. The van der Waals surface area contributed by atoms with E-state index in [1.807, 2.05) is 0 Å². The molecule has 0 radical (unpaired) electrons. The Morgan fingerprint density at radius 3 is 2.31 bits per heavy atom. The molecule has 74 valence electrons. The fourth-order valence-corrected chi connectivity index (χ4v) is 0.612. The van der Waals surface area contributed by atoms with Crippen molar-refractivity contribution in [2.75, 3.05) is 6.61 Å². The Hall–Kier alpha value is -0.960. The van der Waals surface area contributed by atoms with Crippen molar-refractivity contribution >= 4 is 11.6 Å². The number of hydrogen-bond donors (Lipinski definition) is 1. The fourth-order valence-electron chi connectivity index (χ4n) is 0.612. The lowest BCUT2D eigenvalue weighted by atomic mass is 9.88. The highest BCUT2D eigenvalue weighted by atomic mass is 16.3. The quantitative estimate of drug-likeness (QED) is 0.651. The van der Waals surface area contributed by atoms with Crippen LogP contribution in [0.1, 0.15) is 27.2 Å². The van der Waals surface area contributed by atoms with Crippen LogP contribution in [0.2, 0.25) is 0 Å². The summed E-state index contributed by atoms with van der Waals surface area (Å²) in [6.07, 6.45) is 3.05. The number of aliphatic hydroxyl groups excluding tert-OH is 1. The SMILES string of the molecule is CC(=O)C(C)(C)/C=C/C(=O)CCO. The molecule has 0 amide bonds. The predicted octanol–water partition coefficient (Wildman–Crippen LogP) is 1.11. The van der Waals surface area contributed by atoms with Gasteiger partial charge in [0, 0.05) is 11.8 Å². The van der Waals surface area contributed by atoms with Crippen LogP contribution in [0.25, 0.3) is 0 Å². The molecule has 0 rings (SSSR count). The van der Waals surface area contributed by atoms with Gasteiger partial charge in [0.1, 0.15) is 5.78 Å². The van der Waals surface area contributed by atoms with Gasteiger partial charge in [-0.05, 0) is 26.8 Å². The highest BCUT2D eigenvalue weighted by molar-refractivity contribution is 5.91. The Morgan fingerprint density at radius 1 is 1.38 bits per heavy atom. The molecule has 1 N–H and O–H groups in total. The molecule has 0 heterocycles. The van der Waals surface area contributed by atoms with Gasteiger partial charge in [0.15, 0.2) is 5.78 Å². The summed E-state index contributed by atoms with van der Waals surface area (Å²) >= 11 is 0. The van der Waals surface area contributed by atoms with Crippen molar-refractivity contribution in [3.05, 3.63) is 12.2 Å². The van der Waals surface area contributed by atoms with Crippen LogP contribution in [0.15, 0.2) is 12.2 Å². The first kappa shape index (κ1) is 12.0. The van der Waals surface area contributed by atoms with E-state index in [9.17, 15) is 9.59 Å². The molecule has 0 aliphatic carbocycles. The number of ketones is 2. The van der Waals surface area contributed by atoms with Crippen LogP contribution in [0.3, 0.4) is 0 Å². The summed E-state index contributed by atoms with van der Waals surface area (Å²) in [6.45, 7) is 4.83. The Balaban J connectivity index is 4.25. The van der Waals surface area contributed by atoms with Crippen LogP contribution in [0.5, 0.6) is 0 Å². The number of rotatable bonds is 5. The Morgan fingerprint density at radius 2 is 1.92 bits per heavy atom. The van der Waals surface area contributed by atoms with Gasteiger partial charge in [0.25, 0.3) is 0 Å². The van der Waals surface area contributed by atoms with Gasteiger partial charge in [-0.25, -0.2) is 0 Å². The summed E-state index contributed by atoms with van der Waals surface area (Å²) in [4.78, 5) is 22.0.